The van der Waals surface area contributed by atoms with Crippen molar-refractivity contribution in [1.82, 2.24) is 0 Å². The fraction of sp³-hybridized carbons (Fsp3) is 0.912. The molecule has 0 spiro atoms. The van der Waals surface area contributed by atoms with Crippen molar-refractivity contribution in [3.05, 3.63) is 11.3 Å². The number of ether oxygens (including phenoxy) is 3. The molecule has 0 aromatic heterocycles. The van der Waals surface area contributed by atoms with Crippen molar-refractivity contribution in [1.29, 1.82) is 0 Å². The molecule has 0 aromatic carbocycles. The summed E-state index contributed by atoms with van der Waals surface area (Å²) in [6.45, 7) is 19.1. The van der Waals surface area contributed by atoms with E-state index in [9.17, 15) is 4.79 Å². The molecule has 40 heavy (non-hydrogen) atoms. The summed E-state index contributed by atoms with van der Waals surface area (Å²) in [6, 6.07) is 3.34. The molecule has 1 heterocycles. The number of hydrogen-bond acceptors (Lipinski definition) is 5. The van der Waals surface area contributed by atoms with Crippen LogP contribution in [0.5, 0.6) is 0 Å². The van der Waals surface area contributed by atoms with Crippen LogP contribution >= 0.6 is 0 Å². The van der Waals surface area contributed by atoms with Gasteiger partial charge in [0.25, 0.3) is 0 Å². The van der Waals surface area contributed by atoms with Crippen molar-refractivity contribution in [2.75, 3.05) is 13.9 Å². The van der Waals surface area contributed by atoms with Crippen LogP contribution in [-0.4, -0.2) is 40.4 Å². The van der Waals surface area contributed by atoms with Crippen LogP contribution < -0.4 is 0 Å². The first kappa shape index (κ1) is 32.2. The van der Waals surface area contributed by atoms with Gasteiger partial charge in [0.05, 0.1) is 18.1 Å². The minimum absolute atomic E-state index is 0.00631. The third-order valence-corrected chi connectivity index (χ3v) is 16.9. The van der Waals surface area contributed by atoms with E-state index in [1.165, 1.54) is 37.7 Å². The number of carbonyl (C=O) groups is 1. The van der Waals surface area contributed by atoms with Gasteiger partial charge in [-0.25, -0.2) is 0 Å². The number of carbonyl (C=O) groups excluding carboxylic acids is 1. The average Bonchev–Trinajstić information content (AvgIpc) is 3.28. The van der Waals surface area contributed by atoms with Gasteiger partial charge in [-0.15, -0.1) is 0 Å². The van der Waals surface area contributed by atoms with Gasteiger partial charge in [-0.1, -0.05) is 74.7 Å². The molecule has 230 valence electrons. The predicted octanol–water partition coefficient (Wildman–Crippen LogP) is 8.88. The molecule has 0 unspecified atom stereocenters. The normalized spacial score (nSPS) is 36.8. The van der Waals surface area contributed by atoms with E-state index in [1.54, 1.807) is 7.11 Å². The number of methoxy groups -OCH3 is 1. The van der Waals surface area contributed by atoms with Crippen LogP contribution in [0, 0.1) is 40.4 Å². The fourth-order valence-corrected chi connectivity index (χ4v) is 12.3. The van der Waals surface area contributed by atoms with Gasteiger partial charge in [-0.05, 0) is 85.4 Å². The Morgan fingerprint density at radius 2 is 1.70 bits per heavy atom. The average molecular weight is 577 g/mol. The van der Waals surface area contributed by atoms with Crippen LogP contribution in [0.3, 0.4) is 0 Å². The lowest BCUT2D eigenvalue weighted by molar-refractivity contribution is -0.176. The first-order valence-corrected chi connectivity index (χ1v) is 19.2. The van der Waals surface area contributed by atoms with Crippen molar-refractivity contribution < 1.29 is 23.4 Å². The molecule has 8 atom stereocenters. The zero-order chi connectivity index (χ0) is 29.3. The maximum absolute atomic E-state index is 13.8. The summed E-state index contributed by atoms with van der Waals surface area (Å²) in [4.78, 5) is 13.8. The molecule has 5 nitrogen and oxygen atoms in total. The molecule has 4 rings (SSSR count). The van der Waals surface area contributed by atoms with Gasteiger partial charge < -0.3 is 18.6 Å². The Kier molecular flexibility index (Phi) is 10.4. The van der Waals surface area contributed by atoms with Crippen molar-refractivity contribution >= 4 is 14.3 Å². The highest BCUT2D eigenvalue weighted by atomic mass is 28.4. The zero-order valence-corrected chi connectivity index (χ0v) is 28.3. The monoisotopic (exact) mass is 576 g/mol. The molecule has 1 aliphatic heterocycles. The second-order valence-corrected chi connectivity index (χ2v) is 19.5. The molecule has 0 saturated heterocycles. The van der Waals surface area contributed by atoms with Crippen molar-refractivity contribution in [2.45, 2.75) is 144 Å². The Labute approximate surface area is 246 Å². The largest absolute Gasteiger partial charge is 0.431 e. The van der Waals surface area contributed by atoms with Gasteiger partial charge in [0, 0.05) is 18.4 Å². The zero-order valence-electron chi connectivity index (χ0n) is 27.3. The third-order valence-electron chi connectivity index (χ3n) is 12.3. The van der Waals surface area contributed by atoms with Crippen LogP contribution in [0.4, 0.5) is 0 Å². The molecule has 0 amide bonds. The molecule has 2 fully saturated rings. The lowest BCUT2D eigenvalue weighted by atomic mass is 9.54. The van der Waals surface area contributed by atoms with Crippen LogP contribution in [0.2, 0.25) is 18.1 Å². The molecule has 0 aromatic rings. The highest BCUT2D eigenvalue weighted by Crippen LogP contribution is 2.65. The second kappa shape index (κ2) is 12.9. The Morgan fingerprint density at radius 1 is 1.00 bits per heavy atom. The lowest BCUT2D eigenvalue weighted by Gasteiger charge is -2.55. The highest BCUT2D eigenvalue weighted by Gasteiger charge is 2.61. The maximum atomic E-state index is 13.8. The standard InChI is InChI=1S/C34H60O5Si/c1-10-40(11-2,12-3)39-30-21-34(8)27-18-19-33(7)25(24(6)15-13-14-23(4)5)16-17-26(33)31(27)38-32(35)28(34)20-29(30)37-22-36-9/h23-26,28-30H,10-22H2,1-9H3/t24-,25-,26+,28-,29-,30-,33-,34-/m1/s1. The summed E-state index contributed by atoms with van der Waals surface area (Å²) in [5, 5.41) is 0. The molecule has 0 N–H and O–H groups in total. The Balaban J connectivity index is 1.62. The summed E-state index contributed by atoms with van der Waals surface area (Å²) in [5.74, 6) is 3.43. The van der Waals surface area contributed by atoms with Gasteiger partial charge in [0.15, 0.2) is 8.32 Å². The van der Waals surface area contributed by atoms with Crippen LogP contribution in [0.15, 0.2) is 11.3 Å². The van der Waals surface area contributed by atoms with E-state index in [0.29, 0.717) is 18.3 Å². The SMILES string of the molecule is CC[Si](CC)(CC)O[C@@H]1C[C@]2(C)C3=C(OC(=O)[C@H]2C[C@H]1OCOC)[C@@H]1CC[C@H]([C@H](C)CCCC(C)C)[C@@]1(C)CC3. The van der Waals surface area contributed by atoms with E-state index < -0.39 is 8.32 Å². The molecule has 3 aliphatic carbocycles. The minimum atomic E-state index is -1.86. The molecule has 2 saturated carbocycles. The quantitative estimate of drug-likeness (QED) is 0.124. The van der Waals surface area contributed by atoms with Gasteiger partial charge in [-0.2, -0.15) is 0 Å². The summed E-state index contributed by atoms with van der Waals surface area (Å²) < 4.78 is 25.1. The van der Waals surface area contributed by atoms with E-state index >= 15 is 0 Å². The molecular weight excluding hydrogens is 516 g/mol. The van der Waals surface area contributed by atoms with E-state index in [0.717, 1.165) is 55.0 Å². The number of esters is 1. The van der Waals surface area contributed by atoms with Crippen LogP contribution in [0.25, 0.3) is 0 Å². The third kappa shape index (κ3) is 5.90. The number of hydrogen-bond donors (Lipinski definition) is 0. The van der Waals surface area contributed by atoms with Gasteiger partial charge in [0.2, 0.25) is 0 Å². The molecule has 6 heteroatoms. The fourth-order valence-electron chi connectivity index (χ4n) is 9.44. The topological polar surface area (TPSA) is 54.0 Å². The van der Waals surface area contributed by atoms with Crippen molar-refractivity contribution in [2.24, 2.45) is 40.4 Å². The second-order valence-electron chi connectivity index (χ2n) is 14.7. The molecular formula is C34H60O5Si. The Hall–Kier alpha value is -0.693. The van der Waals surface area contributed by atoms with E-state index in [1.807, 2.05) is 0 Å². The summed E-state index contributed by atoms with van der Waals surface area (Å²) in [5.41, 5.74) is 1.44. The van der Waals surface area contributed by atoms with Crippen molar-refractivity contribution in [3.63, 3.8) is 0 Å². The van der Waals surface area contributed by atoms with Crippen molar-refractivity contribution in [3.8, 4) is 0 Å². The van der Waals surface area contributed by atoms with Crippen LogP contribution in [-0.2, 0) is 23.4 Å². The van der Waals surface area contributed by atoms with Gasteiger partial charge in [-0.3, -0.25) is 4.79 Å². The Morgan fingerprint density at radius 3 is 2.33 bits per heavy atom. The summed E-state index contributed by atoms with van der Waals surface area (Å²) >= 11 is 0. The lowest BCUT2D eigenvalue weighted by Crippen LogP contribution is -2.57. The molecule has 0 radical (unpaired) electrons. The molecule has 0 bridgehead atoms. The first-order valence-electron chi connectivity index (χ1n) is 16.7. The van der Waals surface area contributed by atoms with Gasteiger partial charge in [0.1, 0.15) is 12.6 Å². The Bertz CT molecular complexity index is 904. The highest BCUT2D eigenvalue weighted by molar-refractivity contribution is 6.73. The van der Waals surface area contributed by atoms with Crippen LogP contribution in [0.1, 0.15) is 113 Å². The smallest absolute Gasteiger partial charge is 0.315 e. The number of rotatable bonds is 13. The van der Waals surface area contributed by atoms with E-state index in [4.69, 9.17) is 18.6 Å². The number of allylic oxidation sites excluding steroid dienone is 2. The summed E-state index contributed by atoms with van der Waals surface area (Å²) in [7, 11) is -0.199. The van der Waals surface area contributed by atoms with Gasteiger partial charge >= 0.3 is 5.97 Å². The number of fused-ring (bicyclic) bond motifs is 4. The van der Waals surface area contributed by atoms with E-state index in [-0.39, 0.29) is 41.7 Å². The minimum Gasteiger partial charge on any atom is -0.431 e. The molecule has 4 aliphatic rings. The maximum Gasteiger partial charge on any atom is 0.315 e. The predicted molar refractivity (Wildman–Crippen MR) is 164 cm³/mol. The van der Waals surface area contributed by atoms with E-state index in [2.05, 4.69) is 55.4 Å². The summed E-state index contributed by atoms with van der Waals surface area (Å²) in [6.07, 6.45) is 9.98. The first-order chi connectivity index (χ1) is 19.0.